The number of aromatic nitrogens is 2. The molecule has 2 rings (SSSR count). The summed E-state index contributed by atoms with van der Waals surface area (Å²) in [6.45, 7) is 6.65. The van der Waals surface area contributed by atoms with Crippen molar-refractivity contribution < 1.29 is 4.79 Å². The molecule has 0 unspecified atom stereocenters. The van der Waals surface area contributed by atoms with E-state index in [1.165, 1.54) is 4.68 Å². The van der Waals surface area contributed by atoms with E-state index < -0.39 is 0 Å². The summed E-state index contributed by atoms with van der Waals surface area (Å²) >= 11 is 0. The normalized spacial score (nSPS) is 16.1. The molecule has 1 fully saturated rings. The Bertz CT molecular complexity index is 560. The molecule has 0 radical (unpaired) electrons. The standard InChI is InChI=1S/C16H26N4O2/c1-12(2)4-7-17-16(22)13-5-8-20(9-6-13)14-10-15(21)19(3)18-11-14/h10-13H,4-9H2,1-3H3,(H,17,22). The summed E-state index contributed by atoms with van der Waals surface area (Å²) in [5, 5.41) is 7.08. The highest BCUT2D eigenvalue weighted by Gasteiger charge is 2.25. The van der Waals surface area contributed by atoms with Crippen molar-refractivity contribution in [2.24, 2.45) is 18.9 Å². The topological polar surface area (TPSA) is 67.2 Å². The highest BCUT2D eigenvalue weighted by molar-refractivity contribution is 5.78. The van der Waals surface area contributed by atoms with Crippen LogP contribution in [0.3, 0.4) is 0 Å². The molecule has 1 aromatic heterocycles. The number of amides is 1. The summed E-state index contributed by atoms with van der Waals surface area (Å²) in [7, 11) is 1.64. The second-order valence-electron chi connectivity index (χ2n) is 6.41. The lowest BCUT2D eigenvalue weighted by molar-refractivity contribution is -0.125. The molecule has 2 heterocycles. The summed E-state index contributed by atoms with van der Waals surface area (Å²) in [6.07, 6.45) is 4.37. The number of anilines is 1. The van der Waals surface area contributed by atoms with E-state index in [4.69, 9.17) is 0 Å². The maximum absolute atomic E-state index is 12.1. The number of piperidine rings is 1. The van der Waals surface area contributed by atoms with Crippen LogP contribution in [0.5, 0.6) is 0 Å². The number of hydrogen-bond donors (Lipinski definition) is 1. The maximum Gasteiger partial charge on any atom is 0.268 e. The third kappa shape index (κ3) is 4.32. The first-order valence-electron chi connectivity index (χ1n) is 8.03. The van der Waals surface area contributed by atoms with Crippen LogP contribution in [0.1, 0.15) is 33.1 Å². The van der Waals surface area contributed by atoms with Crippen LogP contribution in [-0.2, 0) is 11.8 Å². The van der Waals surface area contributed by atoms with Crippen LogP contribution < -0.4 is 15.8 Å². The average Bonchev–Trinajstić information content (AvgIpc) is 2.50. The molecule has 0 saturated carbocycles. The lowest BCUT2D eigenvalue weighted by Gasteiger charge is -2.32. The number of rotatable bonds is 5. The molecule has 0 aromatic carbocycles. The highest BCUT2D eigenvalue weighted by Crippen LogP contribution is 2.21. The van der Waals surface area contributed by atoms with Crippen molar-refractivity contribution in [3.05, 3.63) is 22.6 Å². The molecular weight excluding hydrogens is 280 g/mol. The summed E-state index contributed by atoms with van der Waals surface area (Å²) < 4.78 is 1.32. The number of hydrogen-bond acceptors (Lipinski definition) is 4. The van der Waals surface area contributed by atoms with Crippen LogP contribution >= 0.6 is 0 Å². The second kappa shape index (κ2) is 7.42. The second-order valence-corrected chi connectivity index (χ2v) is 6.41. The molecule has 0 atom stereocenters. The highest BCUT2D eigenvalue weighted by atomic mass is 16.2. The quantitative estimate of drug-likeness (QED) is 0.886. The minimum Gasteiger partial charge on any atom is -0.370 e. The van der Waals surface area contributed by atoms with Gasteiger partial charge >= 0.3 is 0 Å². The minimum absolute atomic E-state index is 0.0860. The minimum atomic E-state index is -0.106. The smallest absolute Gasteiger partial charge is 0.268 e. The van der Waals surface area contributed by atoms with Gasteiger partial charge in [0.1, 0.15) is 0 Å². The molecule has 0 spiro atoms. The van der Waals surface area contributed by atoms with Crippen LogP contribution in [0.25, 0.3) is 0 Å². The van der Waals surface area contributed by atoms with E-state index in [0.717, 1.165) is 44.6 Å². The Hall–Kier alpha value is -1.85. The van der Waals surface area contributed by atoms with E-state index in [1.54, 1.807) is 19.3 Å². The van der Waals surface area contributed by atoms with Crippen molar-refractivity contribution in [1.82, 2.24) is 15.1 Å². The molecule has 1 aliphatic rings. The van der Waals surface area contributed by atoms with Gasteiger partial charge in [-0.25, -0.2) is 4.68 Å². The fourth-order valence-electron chi connectivity index (χ4n) is 2.66. The SMILES string of the molecule is CC(C)CCNC(=O)C1CCN(c2cnn(C)c(=O)c2)CC1. The molecule has 1 aliphatic heterocycles. The molecule has 0 aliphatic carbocycles. The van der Waals surface area contributed by atoms with E-state index in [9.17, 15) is 9.59 Å². The Labute approximate surface area is 131 Å². The first-order chi connectivity index (χ1) is 10.5. The molecule has 22 heavy (non-hydrogen) atoms. The Morgan fingerprint density at radius 2 is 2.09 bits per heavy atom. The summed E-state index contributed by atoms with van der Waals surface area (Å²) in [5.74, 6) is 0.862. The van der Waals surface area contributed by atoms with Crippen LogP contribution in [-0.4, -0.2) is 35.3 Å². The molecule has 1 saturated heterocycles. The monoisotopic (exact) mass is 306 g/mol. The fourth-order valence-corrected chi connectivity index (χ4v) is 2.66. The van der Waals surface area contributed by atoms with Crippen LogP contribution in [0.2, 0.25) is 0 Å². The number of carbonyl (C=O) groups is 1. The molecule has 122 valence electrons. The summed E-state index contributed by atoms with van der Waals surface area (Å²) in [6, 6.07) is 1.61. The van der Waals surface area contributed by atoms with Gasteiger partial charge < -0.3 is 10.2 Å². The predicted molar refractivity (Wildman–Crippen MR) is 86.9 cm³/mol. The Kier molecular flexibility index (Phi) is 5.57. The molecule has 0 bridgehead atoms. The van der Waals surface area contributed by atoms with Gasteiger partial charge in [-0.15, -0.1) is 0 Å². The van der Waals surface area contributed by atoms with E-state index in [-0.39, 0.29) is 17.4 Å². The average molecular weight is 306 g/mol. The van der Waals surface area contributed by atoms with Crippen molar-refractivity contribution in [3.8, 4) is 0 Å². The van der Waals surface area contributed by atoms with Crippen molar-refractivity contribution in [1.29, 1.82) is 0 Å². The third-order valence-corrected chi connectivity index (χ3v) is 4.21. The van der Waals surface area contributed by atoms with Gasteiger partial charge in [0.2, 0.25) is 5.91 Å². The Balaban J connectivity index is 1.83. The zero-order valence-corrected chi connectivity index (χ0v) is 13.7. The van der Waals surface area contributed by atoms with Gasteiger partial charge in [-0.2, -0.15) is 5.10 Å². The molecule has 1 N–H and O–H groups in total. The molecule has 1 amide bonds. The maximum atomic E-state index is 12.1. The molecule has 6 nitrogen and oxygen atoms in total. The third-order valence-electron chi connectivity index (χ3n) is 4.21. The van der Waals surface area contributed by atoms with Crippen molar-refractivity contribution in [2.75, 3.05) is 24.5 Å². The van der Waals surface area contributed by atoms with Crippen molar-refractivity contribution >= 4 is 11.6 Å². The van der Waals surface area contributed by atoms with Gasteiger partial charge in [-0.05, 0) is 25.2 Å². The fraction of sp³-hybridized carbons (Fsp3) is 0.688. The van der Waals surface area contributed by atoms with Gasteiger partial charge in [0.15, 0.2) is 0 Å². The van der Waals surface area contributed by atoms with Crippen LogP contribution in [0, 0.1) is 11.8 Å². The molecule has 6 heteroatoms. The van der Waals surface area contributed by atoms with Gasteiger partial charge in [-0.1, -0.05) is 13.8 Å². The number of nitrogens with one attached hydrogen (secondary N) is 1. The van der Waals surface area contributed by atoms with Crippen LogP contribution in [0.15, 0.2) is 17.1 Å². The van der Waals surface area contributed by atoms with Crippen molar-refractivity contribution in [2.45, 2.75) is 33.1 Å². The van der Waals surface area contributed by atoms with E-state index in [0.29, 0.717) is 5.92 Å². The predicted octanol–water partition coefficient (Wildman–Crippen LogP) is 1.16. The van der Waals surface area contributed by atoms with Gasteiger partial charge in [0, 0.05) is 38.7 Å². The number of aryl methyl sites for hydroxylation is 1. The zero-order valence-electron chi connectivity index (χ0n) is 13.7. The van der Waals surface area contributed by atoms with Crippen molar-refractivity contribution in [3.63, 3.8) is 0 Å². The van der Waals surface area contributed by atoms with Gasteiger partial charge in [0.25, 0.3) is 5.56 Å². The van der Waals surface area contributed by atoms with E-state index in [2.05, 4.69) is 29.2 Å². The lowest BCUT2D eigenvalue weighted by Crippen LogP contribution is -2.41. The first-order valence-corrected chi connectivity index (χ1v) is 8.03. The number of carbonyl (C=O) groups excluding carboxylic acids is 1. The van der Waals surface area contributed by atoms with Crippen LogP contribution in [0.4, 0.5) is 5.69 Å². The molecular formula is C16H26N4O2. The van der Waals surface area contributed by atoms with Gasteiger partial charge in [-0.3, -0.25) is 9.59 Å². The zero-order chi connectivity index (χ0) is 16.1. The Morgan fingerprint density at radius 3 is 2.68 bits per heavy atom. The Morgan fingerprint density at radius 1 is 1.41 bits per heavy atom. The summed E-state index contributed by atoms with van der Waals surface area (Å²) in [4.78, 5) is 25.9. The first kappa shape index (κ1) is 16.5. The van der Waals surface area contributed by atoms with E-state index >= 15 is 0 Å². The summed E-state index contributed by atoms with van der Waals surface area (Å²) in [5.41, 5.74) is 0.743. The number of nitrogens with zero attached hydrogens (tertiary/aromatic N) is 3. The lowest BCUT2D eigenvalue weighted by atomic mass is 9.95. The van der Waals surface area contributed by atoms with Gasteiger partial charge in [0.05, 0.1) is 11.9 Å². The molecule has 1 aromatic rings. The van der Waals surface area contributed by atoms with E-state index in [1.807, 2.05) is 0 Å². The largest absolute Gasteiger partial charge is 0.370 e.